The van der Waals surface area contributed by atoms with E-state index in [0.29, 0.717) is 24.8 Å². The molecule has 0 radical (unpaired) electrons. The molecular weight excluding hydrogens is 353 g/mol. The molecule has 2 rings (SSSR count). The normalized spacial score (nSPS) is 16.9. The van der Waals surface area contributed by atoms with E-state index in [1.54, 1.807) is 24.3 Å². The fourth-order valence-corrected chi connectivity index (χ4v) is 3.42. The molecule has 0 atom stereocenters. The fraction of sp³-hybridized carbons (Fsp3) is 0.154. The summed E-state index contributed by atoms with van der Waals surface area (Å²) in [6, 6.07) is 4.96. The van der Waals surface area contributed by atoms with Crippen LogP contribution in [0.15, 0.2) is 23.1 Å². The lowest BCUT2D eigenvalue weighted by Crippen LogP contribution is -2.30. The van der Waals surface area contributed by atoms with E-state index in [0.717, 1.165) is 11.8 Å². The molecule has 0 bridgehead atoms. The summed E-state index contributed by atoms with van der Waals surface area (Å²) in [7, 11) is 0. The molecule has 0 saturated carbocycles. The second-order valence-electron chi connectivity index (χ2n) is 4.14. The number of thioether (sulfide) groups is 1. The Bertz CT molecular complexity index is 661. The molecule has 0 spiro atoms. The summed E-state index contributed by atoms with van der Waals surface area (Å²) in [5.41, 5.74) is 0.653. The first kappa shape index (κ1) is 16.3. The van der Waals surface area contributed by atoms with Gasteiger partial charge in [0.2, 0.25) is 0 Å². The van der Waals surface area contributed by atoms with Crippen molar-refractivity contribution in [3.05, 3.63) is 38.7 Å². The van der Waals surface area contributed by atoms with E-state index >= 15 is 0 Å². The maximum atomic E-state index is 12.2. The van der Waals surface area contributed by atoms with E-state index in [-0.39, 0.29) is 18.9 Å². The van der Waals surface area contributed by atoms with Crippen LogP contribution in [0.2, 0.25) is 10.0 Å². The lowest BCUT2D eigenvalue weighted by atomic mass is 10.2. The average molecular weight is 362 g/mol. The lowest BCUT2D eigenvalue weighted by molar-refractivity contribution is -0.137. The Morgan fingerprint density at radius 3 is 2.76 bits per heavy atom. The van der Waals surface area contributed by atoms with Crippen LogP contribution in [0.1, 0.15) is 12.0 Å². The first-order chi connectivity index (χ1) is 9.88. The largest absolute Gasteiger partial charge is 0.481 e. The number of amides is 1. The third-order valence-electron chi connectivity index (χ3n) is 2.67. The van der Waals surface area contributed by atoms with Crippen molar-refractivity contribution in [2.24, 2.45) is 0 Å². The maximum Gasteiger partial charge on any atom is 0.305 e. The molecule has 1 N–H and O–H groups in total. The molecule has 8 heteroatoms. The smallest absolute Gasteiger partial charge is 0.305 e. The third-order valence-corrected chi connectivity index (χ3v) is 4.61. The molecule has 1 heterocycles. The van der Waals surface area contributed by atoms with Gasteiger partial charge in [0.25, 0.3) is 5.91 Å². The topological polar surface area (TPSA) is 57.6 Å². The molecular formula is C13H9Cl2NO3S2. The second kappa shape index (κ2) is 6.79. The van der Waals surface area contributed by atoms with Crippen LogP contribution in [0.3, 0.4) is 0 Å². The molecule has 0 aliphatic carbocycles. The van der Waals surface area contributed by atoms with Crippen molar-refractivity contribution in [1.29, 1.82) is 0 Å². The highest BCUT2D eigenvalue weighted by Gasteiger charge is 2.32. The van der Waals surface area contributed by atoms with Gasteiger partial charge in [-0.1, -0.05) is 53.2 Å². The molecule has 0 aromatic heterocycles. The molecule has 1 saturated heterocycles. The Balaban J connectivity index is 2.21. The van der Waals surface area contributed by atoms with Gasteiger partial charge in [-0.15, -0.1) is 0 Å². The number of carbonyl (C=O) groups is 2. The Morgan fingerprint density at radius 2 is 2.14 bits per heavy atom. The molecule has 4 nitrogen and oxygen atoms in total. The minimum Gasteiger partial charge on any atom is -0.481 e. The Kier molecular flexibility index (Phi) is 5.27. The van der Waals surface area contributed by atoms with Gasteiger partial charge in [0.15, 0.2) is 0 Å². The highest BCUT2D eigenvalue weighted by Crippen LogP contribution is 2.34. The Morgan fingerprint density at radius 1 is 1.43 bits per heavy atom. The number of halogens is 2. The molecule has 21 heavy (non-hydrogen) atoms. The monoisotopic (exact) mass is 361 g/mol. The van der Waals surface area contributed by atoms with E-state index in [9.17, 15) is 9.59 Å². The van der Waals surface area contributed by atoms with Crippen LogP contribution in [-0.4, -0.2) is 32.7 Å². The zero-order valence-corrected chi connectivity index (χ0v) is 13.7. The fourth-order valence-electron chi connectivity index (χ4n) is 1.66. The van der Waals surface area contributed by atoms with Crippen molar-refractivity contribution in [3.63, 3.8) is 0 Å². The molecule has 1 aromatic carbocycles. The van der Waals surface area contributed by atoms with Crippen LogP contribution in [0.4, 0.5) is 0 Å². The van der Waals surface area contributed by atoms with E-state index in [1.807, 2.05) is 0 Å². The van der Waals surface area contributed by atoms with Crippen molar-refractivity contribution in [2.75, 3.05) is 6.54 Å². The molecule has 1 aliphatic heterocycles. The maximum absolute atomic E-state index is 12.2. The van der Waals surface area contributed by atoms with Gasteiger partial charge in [0.1, 0.15) is 4.32 Å². The highest BCUT2D eigenvalue weighted by molar-refractivity contribution is 8.26. The summed E-state index contributed by atoms with van der Waals surface area (Å²) < 4.78 is 0.345. The number of rotatable bonds is 4. The van der Waals surface area contributed by atoms with Crippen molar-refractivity contribution >= 4 is 69.5 Å². The van der Waals surface area contributed by atoms with Gasteiger partial charge in [-0.25, -0.2) is 0 Å². The van der Waals surface area contributed by atoms with Crippen LogP contribution in [-0.2, 0) is 9.59 Å². The number of hydrogen-bond acceptors (Lipinski definition) is 4. The van der Waals surface area contributed by atoms with Gasteiger partial charge in [-0.2, -0.15) is 0 Å². The SMILES string of the molecule is O=C(O)CCN1C(=O)/C(=C\c2ccc(Cl)cc2Cl)SC1=S. The zero-order valence-electron chi connectivity index (χ0n) is 10.5. The van der Waals surface area contributed by atoms with Gasteiger partial charge in [-0.3, -0.25) is 14.5 Å². The molecule has 1 aliphatic rings. The van der Waals surface area contributed by atoms with Crippen molar-refractivity contribution in [3.8, 4) is 0 Å². The molecule has 1 amide bonds. The summed E-state index contributed by atoms with van der Waals surface area (Å²) >= 11 is 18.1. The first-order valence-electron chi connectivity index (χ1n) is 5.80. The summed E-state index contributed by atoms with van der Waals surface area (Å²) in [6.07, 6.45) is 1.47. The third kappa shape index (κ3) is 3.97. The van der Waals surface area contributed by atoms with Gasteiger partial charge in [0.05, 0.1) is 11.3 Å². The molecule has 1 fully saturated rings. The van der Waals surface area contributed by atoms with Gasteiger partial charge in [0, 0.05) is 16.6 Å². The lowest BCUT2D eigenvalue weighted by Gasteiger charge is -2.12. The Labute approximate surface area is 140 Å². The van der Waals surface area contributed by atoms with E-state index in [1.165, 1.54) is 4.90 Å². The summed E-state index contributed by atoms with van der Waals surface area (Å²) in [6.45, 7) is 0.0612. The number of carbonyl (C=O) groups excluding carboxylic acids is 1. The average Bonchev–Trinajstić information content (AvgIpc) is 2.65. The van der Waals surface area contributed by atoms with E-state index in [2.05, 4.69) is 0 Å². The predicted molar refractivity (Wildman–Crippen MR) is 88.6 cm³/mol. The van der Waals surface area contributed by atoms with Gasteiger partial charge < -0.3 is 5.11 Å². The summed E-state index contributed by atoms with van der Waals surface area (Å²) in [5, 5.41) is 9.61. The first-order valence-corrected chi connectivity index (χ1v) is 7.79. The Hall–Kier alpha value is -1.08. The van der Waals surface area contributed by atoms with Gasteiger partial charge in [-0.05, 0) is 23.8 Å². The van der Waals surface area contributed by atoms with Crippen LogP contribution >= 0.6 is 47.2 Å². The highest BCUT2D eigenvalue weighted by atomic mass is 35.5. The van der Waals surface area contributed by atoms with Crippen molar-refractivity contribution < 1.29 is 14.7 Å². The number of hydrogen-bond donors (Lipinski definition) is 1. The summed E-state index contributed by atoms with van der Waals surface area (Å²) in [5.74, 6) is -1.29. The summed E-state index contributed by atoms with van der Waals surface area (Å²) in [4.78, 5) is 24.5. The van der Waals surface area contributed by atoms with Gasteiger partial charge >= 0.3 is 5.97 Å². The number of carboxylic acid groups (broad SMARTS) is 1. The standard InChI is InChI=1S/C13H9Cl2NO3S2/c14-8-2-1-7(9(15)6-8)5-10-12(19)16(13(20)21-10)4-3-11(17)18/h1-2,5-6H,3-4H2,(H,17,18)/b10-5+. The minimum absolute atomic E-state index is 0.0612. The van der Waals surface area contributed by atoms with Crippen molar-refractivity contribution in [2.45, 2.75) is 6.42 Å². The minimum atomic E-state index is -0.978. The number of carboxylic acids is 1. The second-order valence-corrected chi connectivity index (χ2v) is 6.66. The van der Waals surface area contributed by atoms with Crippen LogP contribution in [0, 0.1) is 0 Å². The van der Waals surface area contributed by atoms with Crippen molar-refractivity contribution in [1.82, 2.24) is 4.90 Å². The number of aliphatic carboxylic acids is 1. The molecule has 0 unspecified atom stereocenters. The van der Waals surface area contributed by atoms with Crippen LogP contribution < -0.4 is 0 Å². The van der Waals surface area contributed by atoms with E-state index < -0.39 is 5.97 Å². The molecule has 1 aromatic rings. The van der Waals surface area contributed by atoms with E-state index in [4.69, 9.17) is 40.5 Å². The zero-order chi connectivity index (χ0) is 15.6. The number of nitrogens with zero attached hydrogens (tertiary/aromatic N) is 1. The van der Waals surface area contributed by atoms with Crippen LogP contribution in [0.5, 0.6) is 0 Å². The quantitative estimate of drug-likeness (QED) is 0.654. The number of benzene rings is 1. The number of thiocarbonyl (C=S) groups is 1. The molecule has 110 valence electrons. The predicted octanol–water partition coefficient (Wildman–Crippen LogP) is 3.67. The van der Waals surface area contributed by atoms with Crippen LogP contribution in [0.25, 0.3) is 6.08 Å².